The number of carboxylic acids is 1. The minimum atomic E-state index is -1.06. The minimum absolute atomic E-state index is 0.229. The monoisotopic (exact) mass is 391 g/mol. The second-order valence-corrected chi connectivity index (χ2v) is 8.04. The molecule has 154 valence electrons. The predicted molar refractivity (Wildman–Crippen MR) is 104 cm³/mol. The highest BCUT2D eigenvalue weighted by Crippen LogP contribution is 2.19. The smallest absolute Gasteiger partial charge is 0.408 e. The molecule has 1 heterocycles. The first-order chi connectivity index (χ1) is 13.1. The number of aliphatic carboxylic acids is 1. The molecule has 2 unspecified atom stereocenters. The van der Waals surface area contributed by atoms with Crippen LogP contribution in [0.5, 0.6) is 0 Å². The first kappa shape index (κ1) is 21.7. The Bertz CT molecular complexity index is 702. The van der Waals surface area contributed by atoms with E-state index in [1.165, 1.54) is 4.90 Å². The van der Waals surface area contributed by atoms with E-state index >= 15 is 0 Å². The van der Waals surface area contributed by atoms with Crippen LogP contribution in [0.2, 0.25) is 0 Å². The Kier molecular flexibility index (Phi) is 7.01. The number of carbonyl (C=O) groups is 3. The first-order valence-corrected chi connectivity index (χ1v) is 9.34. The lowest BCUT2D eigenvalue weighted by Crippen LogP contribution is -2.63. The van der Waals surface area contributed by atoms with E-state index in [2.05, 4.69) is 5.32 Å². The summed E-state index contributed by atoms with van der Waals surface area (Å²) in [5.74, 6) is -1.50. The van der Waals surface area contributed by atoms with Crippen molar-refractivity contribution < 1.29 is 24.2 Å². The first-order valence-electron chi connectivity index (χ1n) is 9.34. The Balaban J connectivity index is 2.00. The molecule has 0 aliphatic carbocycles. The summed E-state index contributed by atoms with van der Waals surface area (Å²) in [4.78, 5) is 39.6. The van der Waals surface area contributed by atoms with Gasteiger partial charge in [0.05, 0.1) is 0 Å². The summed E-state index contributed by atoms with van der Waals surface area (Å²) < 4.78 is 5.11. The van der Waals surface area contributed by atoms with E-state index in [9.17, 15) is 19.5 Å². The number of piperazine rings is 1. The van der Waals surface area contributed by atoms with Crippen LogP contribution in [-0.4, -0.2) is 70.2 Å². The van der Waals surface area contributed by atoms with Crippen LogP contribution in [0, 0.1) is 0 Å². The van der Waals surface area contributed by atoms with Gasteiger partial charge >= 0.3 is 12.1 Å². The molecular weight excluding hydrogens is 362 g/mol. The molecule has 1 aliphatic heterocycles. The number of hydrogen-bond donors (Lipinski definition) is 2. The van der Waals surface area contributed by atoms with Gasteiger partial charge in [-0.1, -0.05) is 30.3 Å². The Morgan fingerprint density at radius 2 is 1.82 bits per heavy atom. The van der Waals surface area contributed by atoms with E-state index in [1.807, 2.05) is 42.2 Å². The quantitative estimate of drug-likeness (QED) is 0.793. The topological polar surface area (TPSA) is 99.2 Å². The van der Waals surface area contributed by atoms with Gasteiger partial charge in [-0.3, -0.25) is 9.69 Å². The number of nitrogens with zero attached hydrogens (tertiary/aromatic N) is 2. The van der Waals surface area contributed by atoms with Gasteiger partial charge in [0.15, 0.2) is 0 Å². The minimum Gasteiger partial charge on any atom is -0.480 e. The molecule has 2 rings (SSSR count). The van der Waals surface area contributed by atoms with Gasteiger partial charge in [-0.2, -0.15) is 0 Å². The van der Waals surface area contributed by atoms with Crippen molar-refractivity contribution in [2.45, 2.75) is 51.9 Å². The van der Waals surface area contributed by atoms with E-state index in [4.69, 9.17) is 4.74 Å². The number of ether oxygens (including phenoxy) is 1. The molecule has 1 aliphatic rings. The van der Waals surface area contributed by atoms with E-state index in [-0.39, 0.29) is 19.1 Å². The van der Waals surface area contributed by atoms with Gasteiger partial charge in [0.25, 0.3) is 0 Å². The van der Waals surface area contributed by atoms with E-state index in [0.29, 0.717) is 13.1 Å². The zero-order chi connectivity index (χ0) is 20.9. The second kappa shape index (κ2) is 9.05. The number of hydrogen-bond acceptors (Lipinski definition) is 5. The number of amides is 2. The Morgan fingerprint density at radius 3 is 2.39 bits per heavy atom. The third kappa shape index (κ3) is 6.23. The zero-order valence-electron chi connectivity index (χ0n) is 16.8. The summed E-state index contributed by atoms with van der Waals surface area (Å²) in [6.07, 6.45) is -0.705. The molecule has 0 bridgehead atoms. The summed E-state index contributed by atoms with van der Waals surface area (Å²) in [6, 6.07) is 8.52. The largest absolute Gasteiger partial charge is 0.480 e. The van der Waals surface area contributed by atoms with Crippen LogP contribution in [0.15, 0.2) is 30.3 Å². The predicted octanol–water partition coefficient (Wildman–Crippen LogP) is 1.70. The fraction of sp³-hybridized carbons (Fsp3) is 0.550. The molecule has 8 heteroatoms. The van der Waals surface area contributed by atoms with Crippen molar-refractivity contribution in [1.29, 1.82) is 0 Å². The molecule has 1 fully saturated rings. The van der Waals surface area contributed by atoms with Crippen molar-refractivity contribution in [1.82, 2.24) is 15.1 Å². The highest BCUT2D eigenvalue weighted by atomic mass is 16.6. The van der Waals surface area contributed by atoms with Gasteiger partial charge < -0.3 is 20.1 Å². The van der Waals surface area contributed by atoms with Crippen molar-refractivity contribution in [3.63, 3.8) is 0 Å². The van der Waals surface area contributed by atoms with Crippen LogP contribution in [0.25, 0.3) is 0 Å². The van der Waals surface area contributed by atoms with Crippen LogP contribution in [-0.2, 0) is 20.9 Å². The molecule has 1 aromatic rings. The van der Waals surface area contributed by atoms with Gasteiger partial charge in [0, 0.05) is 25.7 Å². The van der Waals surface area contributed by atoms with Crippen molar-refractivity contribution >= 4 is 18.0 Å². The molecule has 8 nitrogen and oxygen atoms in total. The van der Waals surface area contributed by atoms with Gasteiger partial charge in [0.1, 0.15) is 18.2 Å². The highest BCUT2D eigenvalue weighted by Gasteiger charge is 2.39. The molecule has 0 aromatic heterocycles. The fourth-order valence-corrected chi connectivity index (χ4v) is 3.32. The lowest BCUT2D eigenvalue weighted by molar-refractivity contribution is -0.156. The zero-order valence-corrected chi connectivity index (χ0v) is 16.8. The van der Waals surface area contributed by atoms with Gasteiger partial charge in [-0.05, 0) is 33.3 Å². The summed E-state index contributed by atoms with van der Waals surface area (Å²) in [5, 5.41) is 12.1. The van der Waals surface area contributed by atoms with E-state index in [0.717, 1.165) is 5.56 Å². The van der Waals surface area contributed by atoms with Crippen LogP contribution < -0.4 is 5.32 Å². The molecule has 0 radical (unpaired) electrons. The summed E-state index contributed by atoms with van der Waals surface area (Å²) in [5.41, 5.74) is 0.415. The van der Waals surface area contributed by atoms with Crippen LogP contribution >= 0.6 is 0 Å². The highest BCUT2D eigenvalue weighted by molar-refractivity contribution is 5.87. The van der Waals surface area contributed by atoms with Gasteiger partial charge in [-0.15, -0.1) is 0 Å². The standard InChI is InChI=1S/C20H29N3O5/c1-14-11-22(12-15-8-6-5-7-9-15)13-16(18(25)26)23(14)17(24)10-21-19(27)28-20(2,3)4/h5-9,14,16H,10-13H2,1-4H3,(H,21,27)(H,25,26). The maximum Gasteiger partial charge on any atom is 0.408 e. The normalized spacial score (nSPS) is 20.5. The average Bonchev–Trinajstić information content (AvgIpc) is 2.58. The molecule has 2 atom stereocenters. The number of alkyl carbamates (subject to hydrolysis) is 1. The Labute approximate surface area is 165 Å². The molecule has 0 saturated carbocycles. The molecular formula is C20H29N3O5. The maximum atomic E-state index is 12.6. The van der Waals surface area contributed by atoms with Crippen molar-refractivity contribution in [2.24, 2.45) is 0 Å². The van der Waals surface area contributed by atoms with Crippen molar-refractivity contribution in [3.05, 3.63) is 35.9 Å². The van der Waals surface area contributed by atoms with Crippen molar-refractivity contribution in [3.8, 4) is 0 Å². The lowest BCUT2D eigenvalue weighted by Gasteiger charge is -2.44. The number of nitrogens with one attached hydrogen (secondary N) is 1. The molecule has 1 aromatic carbocycles. The number of carbonyl (C=O) groups excluding carboxylic acids is 2. The average molecular weight is 391 g/mol. The van der Waals surface area contributed by atoms with Crippen LogP contribution in [0.3, 0.4) is 0 Å². The third-order valence-electron chi connectivity index (χ3n) is 4.37. The number of rotatable bonds is 5. The maximum absolute atomic E-state index is 12.6. The van der Waals surface area contributed by atoms with Gasteiger partial charge in [-0.25, -0.2) is 9.59 Å². The SMILES string of the molecule is CC1CN(Cc2ccccc2)CC(C(=O)O)N1C(=O)CNC(=O)OC(C)(C)C. The molecule has 0 spiro atoms. The summed E-state index contributed by atoms with van der Waals surface area (Å²) in [6.45, 7) is 8.09. The Hall–Kier alpha value is -2.61. The molecule has 2 N–H and O–H groups in total. The van der Waals surface area contributed by atoms with Gasteiger partial charge in [0.2, 0.25) is 5.91 Å². The Morgan fingerprint density at radius 1 is 1.18 bits per heavy atom. The third-order valence-corrected chi connectivity index (χ3v) is 4.37. The lowest BCUT2D eigenvalue weighted by atomic mass is 10.1. The van der Waals surface area contributed by atoms with Crippen LogP contribution in [0.4, 0.5) is 4.79 Å². The molecule has 2 amide bonds. The number of carboxylic acid groups (broad SMARTS) is 1. The van der Waals surface area contributed by atoms with E-state index in [1.54, 1.807) is 20.8 Å². The number of benzene rings is 1. The second-order valence-electron chi connectivity index (χ2n) is 8.04. The summed E-state index contributed by atoms with van der Waals surface area (Å²) >= 11 is 0. The fourth-order valence-electron chi connectivity index (χ4n) is 3.32. The molecule has 28 heavy (non-hydrogen) atoms. The van der Waals surface area contributed by atoms with Crippen molar-refractivity contribution in [2.75, 3.05) is 19.6 Å². The van der Waals surface area contributed by atoms with E-state index < -0.39 is 29.6 Å². The summed E-state index contributed by atoms with van der Waals surface area (Å²) in [7, 11) is 0. The van der Waals surface area contributed by atoms with Crippen LogP contribution in [0.1, 0.15) is 33.3 Å². The molecule has 1 saturated heterocycles.